The molecule has 8 rings (SSSR count). The lowest BCUT2D eigenvalue weighted by atomic mass is 9.32. The van der Waals surface area contributed by atoms with Crippen LogP contribution in [0.3, 0.4) is 0 Å². The Morgan fingerprint density at radius 3 is 1.38 bits per heavy atom. The summed E-state index contributed by atoms with van der Waals surface area (Å²) in [5.41, 5.74) is 11.7. The van der Waals surface area contributed by atoms with Crippen molar-refractivity contribution in [2.75, 3.05) is 0 Å². The minimum atomic E-state index is -0.00788. The highest BCUT2D eigenvalue weighted by Gasteiger charge is 2.44. The Balaban J connectivity index is 1.45. The molecule has 0 aliphatic carbocycles. The van der Waals surface area contributed by atoms with Gasteiger partial charge < -0.3 is 14.2 Å². The lowest BCUT2D eigenvalue weighted by Gasteiger charge is -2.37. The largest absolute Gasteiger partial charge is 0.458 e. The number of hydrogen-bond donors (Lipinski definition) is 0. The average molecular weight is 504 g/mol. The second-order valence-corrected chi connectivity index (χ2v) is 11.1. The van der Waals surface area contributed by atoms with Gasteiger partial charge in [0.1, 0.15) is 34.5 Å². The summed E-state index contributed by atoms with van der Waals surface area (Å²) < 4.78 is 20.0. The highest BCUT2D eigenvalue weighted by molar-refractivity contribution is 7.00. The number of rotatable bonds is 1. The molecule has 0 unspecified atom stereocenters. The summed E-state index contributed by atoms with van der Waals surface area (Å²) in [4.78, 5) is 0. The lowest BCUT2D eigenvalue weighted by Crippen LogP contribution is -2.61. The zero-order valence-electron chi connectivity index (χ0n) is 22.5. The zero-order valence-corrected chi connectivity index (χ0v) is 22.5. The maximum absolute atomic E-state index is 6.76. The van der Waals surface area contributed by atoms with Crippen molar-refractivity contribution < 1.29 is 14.2 Å². The monoisotopic (exact) mass is 504 g/mol. The van der Waals surface area contributed by atoms with Crippen molar-refractivity contribution >= 4 is 46.2 Å². The van der Waals surface area contributed by atoms with Gasteiger partial charge in [0.2, 0.25) is 0 Å². The van der Waals surface area contributed by atoms with Crippen LogP contribution in [0.5, 0.6) is 34.5 Å². The molecule has 0 atom stereocenters. The maximum Gasteiger partial charge on any atom is 0.260 e. The molecule has 3 heterocycles. The van der Waals surface area contributed by atoms with Crippen molar-refractivity contribution in [3.8, 4) is 34.5 Å². The van der Waals surface area contributed by atoms with E-state index in [4.69, 9.17) is 14.2 Å². The summed E-state index contributed by atoms with van der Waals surface area (Å²) >= 11 is 0. The molecule has 5 aromatic rings. The third-order valence-electron chi connectivity index (χ3n) is 8.62. The molecular formula is C34H26B2O3. The smallest absolute Gasteiger partial charge is 0.260 e. The summed E-state index contributed by atoms with van der Waals surface area (Å²) in [6.45, 7) is 8.70. The van der Waals surface area contributed by atoms with E-state index in [1.165, 1.54) is 38.4 Å². The normalized spacial score (nSPS) is 13.6. The molecule has 0 N–H and O–H groups in total. The van der Waals surface area contributed by atoms with Crippen LogP contribution in [0.15, 0.2) is 84.9 Å². The number of ether oxygens (including phenoxy) is 3. The fourth-order valence-corrected chi connectivity index (χ4v) is 6.85. The highest BCUT2D eigenvalue weighted by atomic mass is 16.5. The van der Waals surface area contributed by atoms with E-state index < -0.39 is 0 Å². The van der Waals surface area contributed by atoms with Gasteiger partial charge in [0.25, 0.3) is 13.4 Å². The van der Waals surface area contributed by atoms with E-state index in [1.54, 1.807) is 0 Å². The van der Waals surface area contributed by atoms with Gasteiger partial charge in [-0.1, -0.05) is 66.1 Å². The van der Waals surface area contributed by atoms with Crippen molar-refractivity contribution in [1.29, 1.82) is 0 Å². The summed E-state index contributed by atoms with van der Waals surface area (Å²) in [5, 5.41) is 0. The fraction of sp³-hybridized carbons (Fsp3) is 0.118. The SMILES string of the molecule is Cc1ccc2c(c1)Oc1cc(C)ccc1B2c1c(C)c2c3c(c1C)Oc1ccccc1B3c1ccccc1O2. The number of para-hydroxylation sites is 2. The molecule has 0 aromatic heterocycles. The van der Waals surface area contributed by atoms with E-state index in [0.717, 1.165) is 51.1 Å². The molecule has 39 heavy (non-hydrogen) atoms. The van der Waals surface area contributed by atoms with Gasteiger partial charge in [-0.25, -0.2) is 0 Å². The Bertz CT molecular complexity index is 1730. The van der Waals surface area contributed by atoms with Gasteiger partial charge in [-0.15, -0.1) is 0 Å². The van der Waals surface area contributed by atoms with Crippen LogP contribution in [-0.2, 0) is 0 Å². The van der Waals surface area contributed by atoms with Gasteiger partial charge in [0.05, 0.1) is 0 Å². The molecule has 0 saturated heterocycles. The molecule has 3 nitrogen and oxygen atoms in total. The molecule has 3 aliphatic rings. The van der Waals surface area contributed by atoms with Crippen molar-refractivity contribution in [3.63, 3.8) is 0 Å². The Kier molecular flexibility index (Phi) is 4.67. The van der Waals surface area contributed by atoms with Crippen LogP contribution in [0, 0.1) is 27.7 Å². The fourth-order valence-electron chi connectivity index (χ4n) is 6.85. The van der Waals surface area contributed by atoms with Crippen LogP contribution in [0.2, 0.25) is 0 Å². The van der Waals surface area contributed by atoms with E-state index in [1.807, 2.05) is 0 Å². The minimum Gasteiger partial charge on any atom is -0.458 e. The molecule has 3 aliphatic heterocycles. The standard InChI is InChI=1S/C34H26B2O3/c1-19-13-15-25-29(17-19)37-30-18-20(2)14-16-26(30)35(25)31-21(3)33-32-34(22(31)4)39-28-12-8-6-10-24(28)36(32)23-9-5-7-11-27(23)38-33/h5-18H,1-4H3. The van der Waals surface area contributed by atoms with Crippen LogP contribution >= 0.6 is 0 Å². The van der Waals surface area contributed by atoms with Crippen LogP contribution in [0.1, 0.15) is 22.3 Å². The van der Waals surface area contributed by atoms with Crippen molar-refractivity contribution in [3.05, 3.63) is 107 Å². The van der Waals surface area contributed by atoms with E-state index in [9.17, 15) is 0 Å². The molecule has 0 bridgehead atoms. The van der Waals surface area contributed by atoms with Gasteiger partial charge in [-0.2, -0.15) is 0 Å². The summed E-state index contributed by atoms with van der Waals surface area (Å²) in [6, 6.07) is 29.9. The van der Waals surface area contributed by atoms with Gasteiger partial charge in [-0.3, -0.25) is 0 Å². The molecule has 0 amide bonds. The Morgan fingerprint density at radius 2 is 0.872 bits per heavy atom. The molecule has 5 aromatic carbocycles. The van der Waals surface area contributed by atoms with E-state index >= 15 is 0 Å². The predicted octanol–water partition coefficient (Wildman–Crippen LogP) is 4.27. The first-order valence-electron chi connectivity index (χ1n) is 13.6. The minimum absolute atomic E-state index is 0.00788. The topological polar surface area (TPSA) is 27.7 Å². The molecular weight excluding hydrogens is 478 g/mol. The van der Waals surface area contributed by atoms with E-state index in [-0.39, 0.29) is 13.4 Å². The average Bonchev–Trinajstić information content (AvgIpc) is 2.94. The summed E-state index contributed by atoms with van der Waals surface area (Å²) in [5.74, 6) is 5.48. The molecule has 186 valence electrons. The number of fused-ring (bicyclic) bond motifs is 6. The number of aryl methyl sites for hydroxylation is 2. The second-order valence-electron chi connectivity index (χ2n) is 11.1. The Morgan fingerprint density at radius 1 is 0.436 bits per heavy atom. The van der Waals surface area contributed by atoms with Crippen molar-refractivity contribution in [1.82, 2.24) is 0 Å². The van der Waals surface area contributed by atoms with Crippen molar-refractivity contribution in [2.24, 2.45) is 0 Å². The Hall–Kier alpha value is -4.37. The summed E-state index contributed by atoms with van der Waals surface area (Å²) in [6.07, 6.45) is 0. The zero-order chi connectivity index (χ0) is 26.4. The van der Waals surface area contributed by atoms with Crippen LogP contribution in [-0.4, -0.2) is 13.4 Å². The first-order chi connectivity index (χ1) is 19.0. The van der Waals surface area contributed by atoms with Gasteiger partial charge in [0.15, 0.2) is 0 Å². The molecule has 0 spiro atoms. The van der Waals surface area contributed by atoms with Crippen molar-refractivity contribution in [2.45, 2.75) is 27.7 Å². The molecule has 0 radical (unpaired) electrons. The predicted molar refractivity (Wildman–Crippen MR) is 161 cm³/mol. The third kappa shape index (κ3) is 3.13. The molecule has 0 saturated carbocycles. The molecule has 5 heteroatoms. The number of benzene rings is 5. The lowest BCUT2D eigenvalue weighted by molar-refractivity contribution is 0.460. The van der Waals surface area contributed by atoms with Crippen LogP contribution < -0.4 is 47.0 Å². The highest BCUT2D eigenvalue weighted by Crippen LogP contribution is 2.38. The maximum atomic E-state index is 6.76. The quantitative estimate of drug-likeness (QED) is 0.313. The summed E-state index contributed by atoms with van der Waals surface area (Å²) in [7, 11) is 0. The van der Waals surface area contributed by atoms with E-state index in [0.29, 0.717) is 0 Å². The first kappa shape index (κ1) is 22.6. The van der Waals surface area contributed by atoms with Gasteiger partial charge in [-0.05, 0) is 96.1 Å². The van der Waals surface area contributed by atoms with E-state index in [2.05, 4.69) is 113 Å². The number of hydrogen-bond acceptors (Lipinski definition) is 3. The molecule has 0 fully saturated rings. The second kappa shape index (κ2) is 8.07. The van der Waals surface area contributed by atoms with Crippen LogP contribution in [0.4, 0.5) is 0 Å². The van der Waals surface area contributed by atoms with Gasteiger partial charge >= 0.3 is 0 Å². The first-order valence-corrected chi connectivity index (χ1v) is 13.6. The van der Waals surface area contributed by atoms with Gasteiger partial charge in [0, 0.05) is 5.46 Å². The Labute approximate surface area is 229 Å². The third-order valence-corrected chi connectivity index (χ3v) is 8.62. The van der Waals surface area contributed by atoms with Crippen LogP contribution in [0.25, 0.3) is 0 Å².